The number of hydrogen-bond donors (Lipinski definition) is 4. The summed E-state index contributed by atoms with van der Waals surface area (Å²) in [6.07, 6.45) is 2.92. The average molecular weight is 519 g/mol. The lowest BCUT2D eigenvalue weighted by molar-refractivity contribution is -0.127. The topological polar surface area (TPSA) is 153 Å². The van der Waals surface area contributed by atoms with Crippen molar-refractivity contribution < 1.29 is 38.1 Å². The number of amides is 2. The van der Waals surface area contributed by atoms with Crippen LogP contribution in [0.2, 0.25) is 0 Å². The van der Waals surface area contributed by atoms with Gasteiger partial charge in [0.25, 0.3) is 0 Å². The molecule has 0 spiro atoms. The van der Waals surface area contributed by atoms with Crippen LogP contribution in [0.5, 0.6) is 0 Å². The Kier molecular flexibility index (Phi) is 23.4. The predicted molar refractivity (Wildman–Crippen MR) is 135 cm³/mol. The molecule has 0 saturated carbocycles. The maximum absolute atomic E-state index is 11.7. The second-order valence-electron chi connectivity index (χ2n) is 8.05. The third kappa shape index (κ3) is 22.5. The quantitative estimate of drug-likeness (QED) is 0.107. The number of carbonyl (C=O) groups is 4. The second kappa shape index (κ2) is 24.7. The smallest absolute Gasteiger partial charge is 0.246 e. The minimum absolute atomic E-state index is 0.0389. The van der Waals surface area contributed by atoms with Gasteiger partial charge in [-0.15, -0.1) is 0 Å². The number of ether oxygens (including phenoxy) is 4. The molecule has 2 amide bonds. The molecule has 0 radical (unpaired) electrons. The van der Waals surface area contributed by atoms with Gasteiger partial charge in [0.05, 0.1) is 52.2 Å². The molecule has 0 aromatic rings. The summed E-state index contributed by atoms with van der Waals surface area (Å²) >= 11 is 0. The van der Waals surface area contributed by atoms with E-state index < -0.39 is 0 Å². The first-order valence-corrected chi connectivity index (χ1v) is 12.6. The first-order chi connectivity index (χ1) is 17.4. The molecule has 0 aliphatic heterocycles. The molecule has 1 atom stereocenters. The molecule has 12 heteroatoms. The standard InChI is InChI=1S/C24H46N4O8/c1-4-21(30)17-26-9-11-33-13-15-36-19-24(32)28-10-12-34-14-16-35-18-23(31)27-8-6-5-7-22(25-3)20(2)29/h22,25-26H,4-19H2,1-3H3,(H,27,31)(H,28,32)/t22-/m0/s1. The molecule has 0 fully saturated rings. The molecule has 0 rings (SSSR count). The maximum atomic E-state index is 11.7. The van der Waals surface area contributed by atoms with Gasteiger partial charge in [-0.25, -0.2) is 0 Å². The Labute approximate surface area is 214 Å². The number of rotatable bonds is 26. The van der Waals surface area contributed by atoms with E-state index >= 15 is 0 Å². The zero-order chi connectivity index (χ0) is 26.9. The van der Waals surface area contributed by atoms with Crippen molar-refractivity contribution in [1.82, 2.24) is 21.3 Å². The van der Waals surface area contributed by atoms with E-state index in [0.29, 0.717) is 65.6 Å². The molecule has 12 nitrogen and oxygen atoms in total. The fourth-order valence-electron chi connectivity index (χ4n) is 2.88. The van der Waals surface area contributed by atoms with Crippen LogP contribution in [0.1, 0.15) is 39.5 Å². The minimum Gasteiger partial charge on any atom is -0.378 e. The number of Topliss-reactive ketones (excluding diaryl/α,β-unsaturated/α-hetero) is 2. The highest BCUT2D eigenvalue weighted by Crippen LogP contribution is 2.01. The lowest BCUT2D eigenvalue weighted by Gasteiger charge is -2.12. The van der Waals surface area contributed by atoms with Gasteiger partial charge in [0.1, 0.15) is 24.8 Å². The van der Waals surface area contributed by atoms with E-state index in [4.69, 9.17) is 18.9 Å². The van der Waals surface area contributed by atoms with Gasteiger partial charge in [-0.05, 0) is 33.2 Å². The van der Waals surface area contributed by atoms with Crippen molar-refractivity contribution in [2.24, 2.45) is 0 Å². The van der Waals surface area contributed by atoms with Gasteiger partial charge in [-0.3, -0.25) is 19.2 Å². The van der Waals surface area contributed by atoms with Crippen molar-refractivity contribution in [3.05, 3.63) is 0 Å². The van der Waals surface area contributed by atoms with Gasteiger partial charge in [0.15, 0.2) is 0 Å². The van der Waals surface area contributed by atoms with Crippen LogP contribution in [0.3, 0.4) is 0 Å². The number of unbranched alkanes of at least 4 members (excludes halogenated alkanes) is 1. The van der Waals surface area contributed by atoms with Crippen LogP contribution in [0.4, 0.5) is 0 Å². The van der Waals surface area contributed by atoms with E-state index in [2.05, 4.69) is 21.3 Å². The van der Waals surface area contributed by atoms with Gasteiger partial charge in [0, 0.05) is 26.1 Å². The highest BCUT2D eigenvalue weighted by molar-refractivity contribution is 5.81. The van der Waals surface area contributed by atoms with Crippen LogP contribution in [0.25, 0.3) is 0 Å². The minimum atomic E-state index is -0.242. The summed E-state index contributed by atoms with van der Waals surface area (Å²) in [7, 11) is 1.77. The summed E-state index contributed by atoms with van der Waals surface area (Å²) in [6.45, 7) is 7.19. The van der Waals surface area contributed by atoms with Gasteiger partial charge < -0.3 is 40.2 Å². The molecule has 0 aromatic heterocycles. The first-order valence-electron chi connectivity index (χ1n) is 12.6. The van der Waals surface area contributed by atoms with Crippen molar-refractivity contribution in [2.45, 2.75) is 45.6 Å². The molecule has 210 valence electrons. The summed E-state index contributed by atoms with van der Waals surface area (Å²) in [4.78, 5) is 45.8. The number of likely N-dealkylation sites (N-methyl/N-ethyl adjacent to an activating group) is 1. The van der Waals surface area contributed by atoms with Crippen molar-refractivity contribution in [3.63, 3.8) is 0 Å². The van der Waals surface area contributed by atoms with Crippen LogP contribution in [-0.4, -0.2) is 116 Å². The molecular weight excluding hydrogens is 472 g/mol. The van der Waals surface area contributed by atoms with E-state index in [0.717, 1.165) is 19.3 Å². The fourth-order valence-corrected chi connectivity index (χ4v) is 2.88. The summed E-state index contributed by atoms with van der Waals surface area (Å²) in [6, 6.07) is -0.125. The molecule has 0 heterocycles. The molecule has 0 aliphatic carbocycles. The van der Waals surface area contributed by atoms with E-state index in [1.54, 1.807) is 14.0 Å². The Bertz CT molecular complexity index is 607. The first kappa shape index (κ1) is 34.0. The van der Waals surface area contributed by atoms with Crippen LogP contribution < -0.4 is 21.3 Å². The lowest BCUT2D eigenvalue weighted by Crippen LogP contribution is -2.33. The summed E-state index contributed by atoms with van der Waals surface area (Å²) in [5.41, 5.74) is 0. The highest BCUT2D eigenvalue weighted by atomic mass is 16.5. The zero-order valence-corrected chi connectivity index (χ0v) is 22.2. The number of nitrogens with one attached hydrogen (secondary N) is 4. The zero-order valence-electron chi connectivity index (χ0n) is 22.2. The molecule has 0 saturated heterocycles. The Morgan fingerprint density at radius 3 is 1.83 bits per heavy atom. The number of carbonyl (C=O) groups excluding carboxylic acids is 4. The van der Waals surface area contributed by atoms with Crippen molar-refractivity contribution in [3.8, 4) is 0 Å². The van der Waals surface area contributed by atoms with Gasteiger partial charge >= 0.3 is 0 Å². The van der Waals surface area contributed by atoms with Crippen LogP contribution >= 0.6 is 0 Å². The van der Waals surface area contributed by atoms with E-state index in [1.807, 2.05) is 6.92 Å². The van der Waals surface area contributed by atoms with E-state index in [1.165, 1.54) is 0 Å². The average Bonchev–Trinajstić information content (AvgIpc) is 2.86. The number of ketones is 2. The van der Waals surface area contributed by atoms with Crippen LogP contribution in [0.15, 0.2) is 0 Å². The largest absolute Gasteiger partial charge is 0.378 e. The summed E-state index contributed by atoms with van der Waals surface area (Å²) in [5.74, 6) is -0.148. The fraction of sp³-hybridized carbons (Fsp3) is 0.833. The van der Waals surface area contributed by atoms with Crippen molar-refractivity contribution in [1.29, 1.82) is 0 Å². The maximum Gasteiger partial charge on any atom is 0.246 e. The third-order valence-electron chi connectivity index (χ3n) is 5.00. The Hall–Kier alpha value is -1.96. The van der Waals surface area contributed by atoms with Gasteiger partial charge in [0.2, 0.25) is 11.8 Å². The number of hydrogen-bond acceptors (Lipinski definition) is 10. The SMILES string of the molecule is CCC(=O)CNCCOCCOCC(=O)NCCOCCOCC(=O)NCCCC[C@H](NC)C(C)=O. The highest BCUT2D eigenvalue weighted by Gasteiger charge is 2.10. The monoisotopic (exact) mass is 518 g/mol. The van der Waals surface area contributed by atoms with Crippen LogP contribution in [0, 0.1) is 0 Å². The van der Waals surface area contributed by atoms with E-state index in [9.17, 15) is 19.2 Å². The molecule has 0 aromatic carbocycles. The molecule has 0 unspecified atom stereocenters. The van der Waals surface area contributed by atoms with Gasteiger partial charge in [-0.1, -0.05) is 6.92 Å². The molecule has 36 heavy (non-hydrogen) atoms. The second-order valence-corrected chi connectivity index (χ2v) is 8.05. The van der Waals surface area contributed by atoms with Gasteiger partial charge in [-0.2, -0.15) is 0 Å². The molecule has 4 N–H and O–H groups in total. The normalized spacial score (nSPS) is 11.8. The Morgan fingerprint density at radius 1 is 0.722 bits per heavy atom. The van der Waals surface area contributed by atoms with Crippen LogP contribution in [-0.2, 0) is 38.1 Å². The molecule has 0 bridgehead atoms. The summed E-state index contributed by atoms with van der Waals surface area (Å²) < 4.78 is 21.2. The molecule has 0 aliphatic rings. The Balaban J connectivity index is 3.38. The van der Waals surface area contributed by atoms with Crippen molar-refractivity contribution in [2.75, 3.05) is 86.1 Å². The third-order valence-corrected chi connectivity index (χ3v) is 5.00. The summed E-state index contributed by atoms with van der Waals surface area (Å²) in [5, 5.41) is 11.4. The Morgan fingerprint density at radius 2 is 1.28 bits per heavy atom. The predicted octanol–water partition coefficient (Wildman–Crippen LogP) is -0.799. The van der Waals surface area contributed by atoms with E-state index in [-0.39, 0.29) is 49.2 Å². The lowest BCUT2D eigenvalue weighted by atomic mass is 10.1. The molecular formula is C24H46N4O8. The van der Waals surface area contributed by atoms with Crippen molar-refractivity contribution >= 4 is 23.4 Å².